The van der Waals surface area contributed by atoms with E-state index in [1.165, 1.54) is 0 Å². The molecule has 0 unspecified atom stereocenters. The van der Waals surface area contributed by atoms with Gasteiger partial charge in [-0.1, -0.05) is 25.5 Å². The highest BCUT2D eigenvalue weighted by Crippen LogP contribution is 2.28. The van der Waals surface area contributed by atoms with Gasteiger partial charge in [0.2, 0.25) is 0 Å². The number of unbranched alkanes of at least 4 members (excludes halogenated alkanes) is 1. The minimum absolute atomic E-state index is 0.0398. The topological polar surface area (TPSA) is 77.2 Å². The molecule has 6 nitrogen and oxygen atoms in total. The minimum atomic E-state index is -0.355. The molecule has 1 amide bonds. The molecule has 1 aromatic carbocycles. The van der Waals surface area contributed by atoms with Gasteiger partial charge in [0.25, 0.3) is 5.89 Å². The van der Waals surface area contributed by atoms with Gasteiger partial charge in [0.1, 0.15) is 5.75 Å². The van der Waals surface area contributed by atoms with E-state index in [4.69, 9.17) is 9.15 Å². The second kappa shape index (κ2) is 6.70. The van der Waals surface area contributed by atoms with E-state index in [1.807, 2.05) is 12.1 Å². The number of para-hydroxylation sites is 1. The van der Waals surface area contributed by atoms with Crippen molar-refractivity contribution in [3.8, 4) is 17.2 Å². The number of hydrogen-bond acceptors (Lipinski definition) is 5. The van der Waals surface area contributed by atoms with E-state index in [-0.39, 0.29) is 17.7 Å². The van der Waals surface area contributed by atoms with E-state index in [0.29, 0.717) is 17.9 Å². The smallest absolute Gasteiger partial charge is 0.308 e. The number of methoxy groups -OCH3 is 1. The lowest BCUT2D eigenvalue weighted by molar-refractivity contribution is 0.0919. The van der Waals surface area contributed by atoms with Crippen molar-refractivity contribution < 1.29 is 13.9 Å². The van der Waals surface area contributed by atoms with E-state index in [0.717, 1.165) is 12.8 Å². The lowest BCUT2D eigenvalue weighted by Gasteiger charge is -2.03. The predicted octanol–water partition coefficient (Wildman–Crippen LogP) is 2.28. The number of nitrogens with one attached hydrogen (secondary N) is 1. The van der Waals surface area contributed by atoms with Crippen LogP contribution in [0.2, 0.25) is 0 Å². The van der Waals surface area contributed by atoms with Gasteiger partial charge in [-0.15, -0.1) is 10.2 Å². The van der Waals surface area contributed by atoms with E-state index in [2.05, 4.69) is 22.4 Å². The van der Waals surface area contributed by atoms with Crippen LogP contribution in [0.25, 0.3) is 11.5 Å². The third-order valence-electron chi connectivity index (χ3n) is 2.77. The van der Waals surface area contributed by atoms with Crippen molar-refractivity contribution in [1.82, 2.24) is 15.5 Å². The monoisotopic (exact) mass is 275 g/mol. The maximum absolute atomic E-state index is 11.8. The summed E-state index contributed by atoms with van der Waals surface area (Å²) in [5.74, 6) is 0.492. The second-order valence-electron chi connectivity index (χ2n) is 4.22. The summed E-state index contributed by atoms with van der Waals surface area (Å²) < 4.78 is 10.6. The number of amides is 1. The van der Waals surface area contributed by atoms with Crippen LogP contribution in [-0.2, 0) is 0 Å². The summed E-state index contributed by atoms with van der Waals surface area (Å²) in [6.45, 7) is 2.65. The van der Waals surface area contributed by atoms with E-state index >= 15 is 0 Å². The maximum Gasteiger partial charge on any atom is 0.308 e. The summed E-state index contributed by atoms with van der Waals surface area (Å²) in [4.78, 5) is 11.8. The molecule has 106 valence electrons. The van der Waals surface area contributed by atoms with Gasteiger partial charge in [-0.05, 0) is 18.6 Å². The molecule has 20 heavy (non-hydrogen) atoms. The number of hydrogen-bond donors (Lipinski definition) is 1. The molecular weight excluding hydrogens is 258 g/mol. The van der Waals surface area contributed by atoms with Crippen LogP contribution >= 0.6 is 0 Å². The van der Waals surface area contributed by atoms with Crippen LogP contribution in [0.15, 0.2) is 28.7 Å². The molecule has 1 aromatic heterocycles. The number of ether oxygens (including phenoxy) is 1. The Morgan fingerprint density at radius 2 is 2.15 bits per heavy atom. The highest BCUT2D eigenvalue weighted by molar-refractivity contribution is 5.89. The molecule has 0 fully saturated rings. The van der Waals surface area contributed by atoms with Crippen LogP contribution in [0.3, 0.4) is 0 Å². The van der Waals surface area contributed by atoms with Crippen LogP contribution in [0, 0.1) is 0 Å². The van der Waals surface area contributed by atoms with Crippen molar-refractivity contribution in [3.63, 3.8) is 0 Å². The summed E-state index contributed by atoms with van der Waals surface area (Å²) in [5.41, 5.74) is 0.662. The highest BCUT2D eigenvalue weighted by Gasteiger charge is 2.17. The number of nitrogens with zero attached hydrogens (tertiary/aromatic N) is 2. The number of aromatic nitrogens is 2. The van der Waals surface area contributed by atoms with Crippen molar-refractivity contribution in [2.75, 3.05) is 13.7 Å². The van der Waals surface area contributed by atoms with Crippen molar-refractivity contribution in [2.24, 2.45) is 0 Å². The van der Waals surface area contributed by atoms with Gasteiger partial charge in [-0.3, -0.25) is 4.79 Å². The molecular formula is C14H17N3O3. The van der Waals surface area contributed by atoms with E-state index in [9.17, 15) is 4.79 Å². The summed E-state index contributed by atoms with van der Waals surface area (Å²) in [6.07, 6.45) is 1.93. The first-order valence-corrected chi connectivity index (χ1v) is 6.51. The summed E-state index contributed by atoms with van der Waals surface area (Å²) in [5, 5.41) is 10.4. The average Bonchev–Trinajstić information content (AvgIpc) is 2.97. The molecule has 0 saturated carbocycles. The van der Waals surface area contributed by atoms with Gasteiger partial charge in [0.05, 0.1) is 12.7 Å². The molecule has 2 aromatic rings. The van der Waals surface area contributed by atoms with Gasteiger partial charge < -0.3 is 14.5 Å². The molecule has 1 N–H and O–H groups in total. The molecule has 6 heteroatoms. The van der Waals surface area contributed by atoms with Gasteiger partial charge in [0.15, 0.2) is 0 Å². The van der Waals surface area contributed by atoms with Gasteiger partial charge in [-0.25, -0.2) is 0 Å². The zero-order chi connectivity index (χ0) is 14.4. The van der Waals surface area contributed by atoms with Gasteiger partial charge in [0, 0.05) is 6.54 Å². The first-order chi connectivity index (χ1) is 9.76. The molecule has 0 spiro atoms. The molecule has 0 radical (unpaired) electrons. The van der Waals surface area contributed by atoms with Crippen LogP contribution in [0.5, 0.6) is 5.75 Å². The molecule has 0 bridgehead atoms. The minimum Gasteiger partial charge on any atom is -0.496 e. The lowest BCUT2D eigenvalue weighted by atomic mass is 10.2. The Morgan fingerprint density at radius 3 is 2.90 bits per heavy atom. The zero-order valence-electron chi connectivity index (χ0n) is 11.5. The predicted molar refractivity (Wildman–Crippen MR) is 73.5 cm³/mol. The van der Waals surface area contributed by atoms with Crippen LogP contribution < -0.4 is 10.1 Å². The number of carbonyl (C=O) groups excluding carboxylic acids is 1. The Balaban J connectivity index is 2.14. The van der Waals surface area contributed by atoms with Crippen molar-refractivity contribution in [1.29, 1.82) is 0 Å². The Labute approximate surface area is 117 Å². The van der Waals surface area contributed by atoms with Crippen LogP contribution in [0.1, 0.15) is 30.5 Å². The number of benzene rings is 1. The second-order valence-corrected chi connectivity index (χ2v) is 4.22. The first-order valence-electron chi connectivity index (χ1n) is 6.51. The van der Waals surface area contributed by atoms with Crippen molar-refractivity contribution in [2.45, 2.75) is 19.8 Å². The van der Waals surface area contributed by atoms with Crippen molar-refractivity contribution >= 4 is 5.91 Å². The Hall–Kier alpha value is -2.37. The average molecular weight is 275 g/mol. The largest absolute Gasteiger partial charge is 0.496 e. The molecule has 0 aliphatic heterocycles. The fourth-order valence-corrected chi connectivity index (χ4v) is 1.70. The Morgan fingerprint density at radius 1 is 1.35 bits per heavy atom. The number of carbonyl (C=O) groups is 1. The Bertz CT molecular complexity index is 581. The summed E-state index contributed by atoms with van der Waals surface area (Å²) >= 11 is 0. The summed E-state index contributed by atoms with van der Waals surface area (Å²) in [6, 6.07) is 7.27. The lowest BCUT2D eigenvalue weighted by Crippen LogP contribution is -2.24. The van der Waals surface area contributed by atoms with Crippen LogP contribution in [0.4, 0.5) is 0 Å². The van der Waals surface area contributed by atoms with Crippen molar-refractivity contribution in [3.05, 3.63) is 30.2 Å². The Kier molecular flexibility index (Phi) is 4.70. The molecule has 0 aliphatic rings. The quantitative estimate of drug-likeness (QED) is 0.818. The third kappa shape index (κ3) is 3.14. The molecule has 0 atom stereocenters. The third-order valence-corrected chi connectivity index (χ3v) is 2.77. The van der Waals surface area contributed by atoms with Gasteiger partial charge >= 0.3 is 11.8 Å². The molecule has 2 rings (SSSR count). The molecule has 0 aliphatic carbocycles. The van der Waals surface area contributed by atoms with E-state index in [1.54, 1.807) is 19.2 Å². The highest BCUT2D eigenvalue weighted by atomic mass is 16.5. The molecule has 0 saturated heterocycles. The van der Waals surface area contributed by atoms with Gasteiger partial charge in [-0.2, -0.15) is 0 Å². The first kappa shape index (κ1) is 14.0. The molecule has 1 heterocycles. The number of rotatable bonds is 6. The normalized spacial score (nSPS) is 10.3. The van der Waals surface area contributed by atoms with Crippen LogP contribution in [-0.4, -0.2) is 29.8 Å². The fourth-order valence-electron chi connectivity index (χ4n) is 1.70. The maximum atomic E-state index is 11.8. The SMILES string of the molecule is CCCCNC(=O)c1nnc(-c2ccccc2OC)o1. The summed E-state index contributed by atoms with van der Waals surface area (Å²) in [7, 11) is 1.56. The standard InChI is InChI=1S/C14H17N3O3/c1-3-4-9-15-12(18)14-17-16-13(20-14)10-7-5-6-8-11(10)19-2/h5-8H,3-4,9H2,1-2H3,(H,15,18). The zero-order valence-corrected chi connectivity index (χ0v) is 11.5. The van der Waals surface area contributed by atoms with E-state index < -0.39 is 0 Å². The fraction of sp³-hybridized carbons (Fsp3) is 0.357.